The zero-order chi connectivity index (χ0) is 14.7. The van der Waals surface area contributed by atoms with Crippen LogP contribution < -0.4 is 0 Å². The number of aliphatic hydroxyl groups is 1. The van der Waals surface area contributed by atoms with Crippen LogP contribution in [0.25, 0.3) is 0 Å². The molecule has 0 radical (unpaired) electrons. The van der Waals surface area contributed by atoms with Crippen molar-refractivity contribution in [3.05, 3.63) is 0 Å². The Balaban J connectivity index is 2.57. The second kappa shape index (κ2) is 6.50. The van der Waals surface area contributed by atoms with Crippen molar-refractivity contribution < 1.29 is 24.1 Å². The Hall–Kier alpha value is -0.200. The van der Waals surface area contributed by atoms with E-state index in [9.17, 15) is 5.11 Å². The molecule has 4 atom stereocenters. The van der Waals surface area contributed by atoms with Crippen LogP contribution in [0.4, 0.5) is 0 Å². The Labute approximate surface area is 116 Å². The number of ether oxygens (including phenoxy) is 4. The van der Waals surface area contributed by atoms with Crippen molar-refractivity contribution in [3.63, 3.8) is 0 Å². The van der Waals surface area contributed by atoms with Crippen molar-refractivity contribution in [3.8, 4) is 0 Å². The molecule has 19 heavy (non-hydrogen) atoms. The zero-order valence-electron chi connectivity index (χ0n) is 12.9. The summed E-state index contributed by atoms with van der Waals surface area (Å²) in [5.41, 5.74) is -0.693. The molecule has 1 aliphatic rings. The van der Waals surface area contributed by atoms with Gasteiger partial charge in [-0.25, -0.2) is 0 Å². The molecule has 1 N–H and O–H groups in total. The first-order valence-electron chi connectivity index (χ1n) is 6.96. The van der Waals surface area contributed by atoms with Gasteiger partial charge < -0.3 is 24.1 Å². The fraction of sp³-hybridized carbons (Fsp3) is 1.00. The number of hydrogen-bond acceptors (Lipinski definition) is 5. The van der Waals surface area contributed by atoms with Gasteiger partial charge >= 0.3 is 0 Å². The van der Waals surface area contributed by atoms with E-state index in [0.29, 0.717) is 13.2 Å². The van der Waals surface area contributed by atoms with Crippen LogP contribution in [0.5, 0.6) is 0 Å². The third kappa shape index (κ3) is 4.39. The van der Waals surface area contributed by atoms with Crippen molar-refractivity contribution in [2.24, 2.45) is 5.92 Å². The van der Waals surface area contributed by atoms with Gasteiger partial charge in [0.1, 0.15) is 5.60 Å². The minimum Gasteiger partial charge on any atom is -0.393 e. The predicted octanol–water partition coefficient (Wildman–Crippen LogP) is 1.92. The molecule has 114 valence electrons. The van der Waals surface area contributed by atoms with Crippen molar-refractivity contribution in [2.75, 3.05) is 19.8 Å². The smallest absolute Gasteiger partial charge is 0.164 e. The highest BCUT2D eigenvalue weighted by atomic mass is 16.8. The molecule has 1 unspecified atom stereocenters. The first-order valence-corrected chi connectivity index (χ1v) is 6.96. The highest BCUT2D eigenvalue weighted by Gasteiger charge is 2.51. The van der Waals surface area contributed by atoms with Crippen LogP contribution in [0.15, 0.2) is 0 Å². The van der Waals surface area contributed by atoms with Gasteiger partial charge in [-0.1, -0.05) is 6.92 Å². The summed E-state index contributed by atoms with van der Waals surface area (Å²) in [6.07, 6.45) is -0.440. The molecule has 0 bridgehead atoms. The normalized spacial score (nSPS) is 33.3. The number of aliphatic hydroxyl groups excluding tert-OH is 1. The van der Waals surface area contributed by atoms with Crippen molar-refractivity contribution in [1.29, 1.82) is 0 Å². The number of rotatable bonds is 7. The zero-order valence-corrected chi connectivity index (χ0v) is 12.9. The van der Waals surface area contributed by atoms with Gasteiger partial charge in [-0.05, 0) is 34.6 Å². The summed E-state index contributed by atoms with van der Waals surface area (Å²) < 4.78 is 22.7. The molecule has 0 aromatic heterocycles. The Morgan fingerprint density at radius 2 is 1.84 bits per heavy atom. The Morgan fingerprint density at radius 3 is 2.37 bits per heavy atom. The van der Waals surface area contributed by atoms with E-state index in [1.54, 1.807) is 0 Å². The molecular weight excluding hydrogens is 248 g/mol. The van der Waals surface area contributed by atoms with Crippen LogP contribution in [0.3, 0.4) is 0 Å². The lowest BCUT2D eigenvalue weighted by atomic mass is 9.90. The van der Waals surface area contributed by atoms with E-state index < -0.39 is 11.4 Å². The Bertz CT molecular complexity index is 281. The van der Waals surface area contributed by atoms with Gasteiger partial charge in [-0.2, -0.15) is 0 Å². The maximum atomic E-state index is 9.57. The summed E-state index contributed by atoms with van der Waals surface area (Å²) in [6, 6.07) is 0. The maximum Gasteiger partial charge on any atom is 0.164 e. The van der Waals surface area contributed by atoms with Crippen molar-refractivity contribution in [1.82, 2.24) is 0 Å². The monoisotopic (exact) mass is 276 g/mol. The van der Waals surface area contributed by atoms with E-state index in [0.717, 1.165) is 0 Å². The van der Waals surface area contributed by atoms with E-state index in [-0.39, 0.29) is 24.9 Å². The molecule has 0 saturated carbocycles. The average molecular weight is 276 g/mol. The second-order valence-corrected chi connectivity index (χ2v) is 5.84. The summed E-state index contributed by atoms with van der Waals surface area (Å²) in [5.74, 6) is -0.580. The average Bonchev–Trinajstić information content (AvgIpc) is 2.57. The van der Waals surface area contributed by atoms with Gasteiger partial charge in [0.25, 0.3) is 0 Å². The van der Waals surface area contributed by atoms with Gasteiger partial charge in [0.05, 0.1) is 19.3 Å². The summed E-state index contributed by atoms with van der Waals surface area (Å²) in [6.45, 7) is 12.5. The molecule has 1 rings (SSSR count). The van der Waals surface area contributed by atoms with Crippen LogP contribution in [0.2, 0.25) is 0 Å². The van der Waals surface area contributed by atoms with Gasteiger partial charge in [-0.3, -0.25) is 0 Å². The van der Waals surface area contributed by atoms with Gasteiger partial charge in [-0.15, -0.1) is 0 Å². The van der Waals surface area contributed by atoms with E-state index in [2.05, 4.69) is 0 Å². The molecule has 0 aliphatic carbocycles. The number of hydrogen-bond donors (Lipinski definition) is 1. The minimum atomic E-state index is -0.693. The summed E-state index contributed by atoms with van der Waals surface area (Å²) >= 11 is 0. The summed E-state index contributed by atoms with van der Waals surface area (Å²) in [5, 5.41) is 9.57. The van der Waals surface area contributed by atoms with E-state index in [4.69, 9.17) is 18.9 Å². The van der Waals surface area contributed by atoms with Crippen LogP contribution >= 0.6 is 0 Å². The molecule has 0 aromatic rings. The van der Waals surface area contributed by atoms with E-state index >= 15 is 0 Å². The Morgan fingerprint density at radius 1 is 1.21 bits per heavy atom. The lowest BCUT2D eigenvalue weighted by Gasteiger charge is -2.30. The second-order valence-electron chi connectivity index (χ2n) is 5.84. The minimum absolute atomic E-state index is 0.0769. The fourth-order valence-corrected chi connectivity index (χ4v) is 2.57. The van der Waals surface area contributed by atoms with Crippen LogP contribution in [-0.2, 0) is 18.9 Å². The quantitative estimate of drug-likeness (QED) is 0.720. The van der Waals surface area contributed by atoms with Crippen molar-refractivity contribution >= 4 is 0 Å². The molecule has 0 amide bonds. The molecule has 5 heteroatoms. The highest BCUT2D eigenvalue weighted by Crippen LogP contribution is 2.39. The van der Waals surface area contributed by atoms with Crippen LogP contribution in [0, 0.1) is 5.92 Å². The lowest BCUT2D eigenvalue weighted by Crippen LogP contribution is -2.45. The summed E-state index contributed by atoms with van der Waals surface area (Å²) in [4.78, 5) is 0. The SMILES string of the molecule is CCOC(C)OC[C@H](C)[C@H]1OC(C)(C)O[C@]1(C)CO. The van der Waals surface area contributed by atoms with Crippen molar-refractivity contribution in [2.45, 2.75) is 65.3 Å². The standard InChI is InChI=1S/C14H28O5/c1-7-16-11(3)17-8-10(2)12-14(6,9-15)19-13(4,5)18-12/h10-12,15H,7-9H2,1-6H3/t10-,11?,12+,14+/m0/s1. The molecule has 5 nitrogen and oxygen atoms in total. The predicted molar refractivity (Wildman–Crippen MR) is 71.7 cm³/mol. The van der Waals surface area contributed by atoms with Gasteiger partial charge in [0.2, 0.25) is 0 Å². The molecule has 1 saturated heterocycles. The first kappa shape index (κ1) is 16.9. The van der Waals surface area contributed by atoms with Gasteiger partial charge in [0.15, 0.2) is 12.1 Å². The fourth-order valence-electron chi connectivity index (χ4n) is 2.57. The topological polar surface area (TPSA) is 57.2 Å². The van der Waals surface area contributed by atoms with Crippen LogP contribution in [0.1, 0.15) is 41.5 Å². The largest absolute Gasteiger partial charge is 0.393 e. The summed E-state index contributed by atoms with van der Waals surface area (Å²) in [7, 11) is 0. The molecule has 0 spiro atoms. The molecule has 1 heterocycles. The molecular formula is C14H28O5. The molecule has 0 aromatic carbocycles. The Kier molecular flexibility index (Phi) is 5.77. The molecule has 1 fully saturated rings. The maximum absolute atomic E-state index is 9.57. The van der Waals surface area contributed by atoms with Gasteiger partial charge in [0, 0.05) is 12.5 Å². The lowest BCUT2D eigenvalue weighted by molar-refractivity contribution is -0.170. The highest BCUT2D eigenvalue weighted by molar-refractivity contribution is 4.95. The molecule has 1 aliphatic heterocycles. The third-order valence-corrected chi connectivity index (χ3v) is 3.32. The first-order chi connectivity index (χ1) is 8.74. The third-order valence-electron chi connectivity index (χ3n) is 3.32. The van der Waals surface area contributed by atoms with E-state index in [1.807, 2.05) is 41.5 Å². The van der Waals surface area contributed by atoms with Crippen LogP contribution in [-0.4, -0.2) is 48.7 Å². The van der Waals surface area contributed by atoms with E-state index in [1.165, 1.54) is 0 Å².